The largest absolute Gasteiger partial charge is 0.302 e. The van der Waals surface area contributed by atoms with Gasteiger partial charge in [-0.05, 0) is 13.0 Å². The molecule has 2 rings (SSSR count). The Kier molecular flexibility index (Phi) is 2.46. The van der Waals surface area contributed by atoms with Crippen LogP contribution in [-0.2, 0) is 0 Å². The fourth-order valence-electron chi connectivity index (χ4n) is 1.03. The van der Waals surface area contributed by atoms with Crippen LogP contribution in [0.3, 0.4) is 0 Å². The van der Waals surface area contributed by atoms with E-state index in [0.29, 0.717) is 5.82 Å². The van der Waals surface area contributed by atoms with E-state index in [2.05, 4.69) is 30.7 Å². The number of rotatable bonds is 2. The molecule has 0 aromatic carbocycles. The van der Waals surface area contributed by atoms with E-state index >= 15 is 0 Å². The fraction of sp³-hybridized carbons (Fsp3) is 0.125. The number of nitrogens with one attached hydrogen (secondary N) is 3. The molecule has 2 aromatic heterocycles. The second-order valence-corrected chi connectivity index (χ2v) is 3.00. The van der Waals surface area contributed by atoms with Crippen LogP contribution < -0.4 is 10.9 Å². The number of carbonyl (C=O) groups is 1. The predicted octanol–water partition coefficient (Wildman–Crippen LogP) is -0.551. The van der Waals surface area contributed by atoms with Crippen molar-refractivity contribution in [2.75, 3.05) is 5.32 Å². The molecule has 0 saturated heterocycles. The molecule has 0 fully saturated rings. The van der Waals surface area contributed by atoms with E-state index in [-0.39, 0.29) is 17.2 Å². The number of aromatic amines is 2. The summed E-state index contributed by atoms with van der Waals surface area (Å²) in [6.45, 7) is 1.68. The highest BCUT2D eigenvalue weighted by atomic mass is 16.2. The molecular formula is C8H8N6O2. The van der Waals surface area contributed by atoms with Crippen molar-refractivity contribution in [2.45, 2.75) is 6.92 Å². The van der Waals surface area contributed by atoms with E-state index < -0.39 is 5.91 Å². The van der Waals surface area contributed by atoms with E-state index in [1.54, 1.807) is 6.92 Å². The lowest BCUT2D eigenvalue weighted by Gasteiger charge is -1.98. The third kappa shape index (κ3) is 2.11. The number of nitrogens with zero attached hydrogens (tertiary/aromatic N) is 3. The lowest BCUT2D eigenvalue weighted by molar-refractivity contribution is 0.101. The van der Waals surface area contributed by atoms with Crippen LogP contribution in [0.5, 0.6) is 0 Å². The second-order valence-electron chi connectivity index (χ2n) is 3.00. The van der Waals surface area contributed by atoms with Crippen LogP contribution in [0.1, 0.15) is 16.4 Å². The van der Waals surface area contributed by atoms with Gasteiger partial charge in [0.1, 0.15) is 5.82 Å². The van der Waals surface area contributed by atoms with Crippen LogP contribution in [0, 0.1) is 6.92 Å². The quantitative estimate of drug-likeness (QED) is 0.627. The van der Waals surface area contributed by atoms with Crippen LogP contribution >= 0.6 is 0 Å². The third-order valence-electron chi connectivity index (χ3n) is 1.72. The zero-order chi connectivity index (χ0) is 11.5. The Morgan fingerprint density at radius 1 is 1.31 bits per heavy atom. The number of hydrogen-bond donors (Lipinski definition) is 3. The molecule has 16 heavy (non-hydrogen) atoms. The minimum atomic E-state index is -0.496. The van der Waals surface area contributed by atoms with Gasteiger partial charge in [0.2, 0.25) is 5.82 Å². The van der Waals surface area contributed by atoms with E-state index in [1.165, 1.54) is 12.1 Å². The van der Waals surface area contributed by atoms with Gasteiger partial charge in [0.25, 0.3) is 11.5 Å². The van der Waals surface area contributed by atoms with Crippen molar-refractivity contribution in [1.29, 1.82) is 0 Å². The summed E-state index contributed by atoms with van der Waals surface area (Å²) in [7, 11) is 0. The number of aryl methyl sites for hydroxylation is 1. The minimum Gasteiger partial charge on any atom is -0.302 e. The van der Waals surface area contributed by atoms with Crippen molar-refractivity contribution >= 4 is 11.7 Å². The molecule has 82 valence electrons. The molecule has 0 aliphatic carbocycles. The maximum Gasteiger partial charge on any atom is 0.296 e. The molecule has 0 aliphatic heterocycles. The number of hydrogen-bond acceptors (Lipinski definition) is 5. The first kappa shape index (κ1) is 10.0. The van der Waals surface area contributed by atoms with Gasteiger partial charge in [-0.15, -0.1) is 5.10 Å². The third-order valence-corrected chi connectivity index (χ3v) is 1.72. The summed E-state index contributed by atoms with van der Waals surface area (Å²) < 4.78 is 0. The summed E-state index contributed by atoms with van der Waals surface area (Å²) >= 11 is 0. The fourth-order valence-corrected chi connectivity index (χ4v) is 1.03. The molecule has 0 unspecified atom stereocenters. The molecule has 2 aromatic rings. The van der Waals surface area contributed by atoms with Crippen molar-refractivity contribution in [1.82, 2.24) is 25.4 Å². The molecule has 3 N–H and O–H groups in total. The highest BCUT2D eigenvalue weighted by Gasteiger charge is 2.11. The number of H-pyrrole nitrogens is 2. The highest BCUT2D eigenvalue weighted by Crippen LogP contribution is 1.99. The van der Waals surface area contributed by atoms with Crippen molar-refractivity contribution in [3.8, 4) is 0 Å². The predicted molar refractivity (Wildman–Crippen MR) is 53.9 cm³/mol. The molecule has 0 atom stereocenters. The van der Waals surface area contributed by atoms with Gasteiger partial charge in [-0.3, -0.25) is 14.7 Å². The second kappa shape index (κ2) is 3.93. The molecule has 0 radical (unpaired) electrons. The maximum atomic E-state index is 11.5. The first-order valence-corrected chi connectivity index (χ1v) is 4.41. The first-order valence-electron chi connectivity index (χ1n) is 4.41. The van der Waals surface area contributed by atoms with Crippen LogP contribution in [0.4, 0.5) is 5.82 Å². The van der Waals surface area contributed by atoms with Gasteiger partial charge in [0.15, 0.2) is 5.82 Å². The Morgan fingerprint density at radius 2 is 2.12 bits per heavy atom. The Hall–Kier alpha value is -2.51. The molecule has 8 heteroatoms. The molecule has 0 spiro atoms. The average molecular weight is 220 g/mol. The van der Waals surface area contributed by atoms with Crippen LogP contribution in [0.15, 0.2) is 16.9 Å². The van der Waals surface area contributed by atoms with Gasteiger partial charge < -0.3 is 5.32 Å². The monoisotopic (exact) mass is 220 g/mol. The van der Waals surface area contributed by atoms with Crippen LogP contribution in [0.25, 0.3) is 0 Å². The summed E-state index contributed by atoms with van der Waals surface area (Å²) in [6, 6.07) is 2.64. The van der Waals surface area contributed by atoms with Crippen molar-refractivity contribution < 1.29 is 4.79 Å². The topological polar surface area (TPSA) is 116 Å². The Morgan fingerprint density at radius 3 is 2.69 bits per heavy atom. The number of carbonyl (C=O) groups excluding carboxylic acids is 1. The van der Waals surface area contributed by atoms with E-state index in [9.17, 15) is 9.59 Å². The zero-order valence-corrected chi connectivity index (χ0v) is 8.31. The van der Waals surface area contributed by atoms with Crippen LogP contribution in [-0.4, -0.2) is 31.3 Å². The Balaban J connectivity index is 2.13. The standard InChI is InChI=1S/C8H8N6O2/c1-4-9-7(14-11-4)8(16)10-5-2-3-6(15)13-12-5/h2-3H,1H3,(H,13,15)(H,9,11,14)(H,10,12,16). The number of anilines is 1. The van der Waals surface area contributed by atoms with Crippen molar-refractivity contribution in [3.05, 3.63) is 34.1 Å². The van der Waals surface area contributed by atoms with Gasteiger partial charge in [-0.25, -0.2) is 10.1 Å². The van der Waals surface area contributed by atoms with Crippen molar-refractivity contribution in [3.63, 3.8) is 0 Å². The Bertz CT molecular complexity index is 551. The zero-order valence-electron chi connectivity index (χ0n) is 8.31. The van der Waals surface area contributed by atoms with Crippen LogP contribution in [0.2, 0.25) is 0 Å². The highest BCUT2D eigenvalue weighted by molar-refractivity contribution is 6.00. The molecule has 0 saturated carbocycles. The lowest BCUT2D eigenvalue weighted by atomic mass is 10.5. The molecule has 1 amide bonds. The van der Waals surface area contributed by atoms with Gasteiger partial charge in [-0.2, -0.15) is 5.10 Å². The molecule has 8 nitrogen and oxygen atoms in total. The van der Waals surface area contributed by atoms with E-state index in [0.717, 1.165) is 0 Å². The number of aromatic nitrogens is 5. The van der Waals surface area contributed by atoms with Gasteiger partial charge in [0.05, 0.1) is 0 Å². The molecule has 0 aliphatic rings. The summed E-state index contributed by atoms with van der Waals surface area (Å²) in [4.78, 5) is 26.1. The average Bonchev–Trinajstić information content (AvgIpc) is 2.68. The Labute approximate surface area is 89.1 Å². The SMILES string of the molecule is Cc1nc(C(=O)Nc2ccc(=O)[nH]n2)n[nH]1. The maximum absolute atomic E-state index is 11.5. The van der Waals surface area contributed by atoms with Gasteiger partial charge in [0, 0.05) is 6.07 Å². The molecule has 2 heterocycles. The first-order chi connectivity index (χ1) is 7.65. The van der Waals surface area contributed by atoms with Crippen molar-refractivity contribution in [2.24, 2.45) is 0 Å². The van der Waals surface area contributed by atoms with Gasteiger partial charge >= 0.3 is 0 Å². The van der Waals surface area contributed by atoms with Gasteiger partial charge in [-0.1, -0.05) is 0 Å². The summed E-state index contributed by atoms with van der Waals surface area (Å²) in [5.74, 6) is 0.293. The summed E-state index contributed by atoms with van der Waals surface area (Å²) in [5.41, 5.74) is -0.341. The van der Waals surface area contributed by atoms with E-state index in [4.69, 9.17) is 0 Å². The minimum absolute atomic E-state index is 0.0190. The molecular weight excluding hydrogens is 212 g/mol. The summed E-state index contributed by atoms with van der Waals surface area (Å²) in [6.07, 6.45) is 0. The van der Waals surface area contributed by atoms with E-state index in [1.807, 2.05) is 0 Å². The molecule has 0 bridgehead atoms. The summed E-state index contributed by atoms with van der Waals surface area (Å²) in [5, 5.41) is 14.5. The normalized spacial score (nSPS) is 10.1. The lowest BCUT2D eigenvalue weighted by Crippen LogP contribution is -2.17. The number of amides is 1. The smallest absolute Gasteiger partial charge is 0.296 e.